The average Bonchev–Trinajstić information content (AvgIpc) is 2.47. The van der Waals surface area contributed by atoms with Gasteiger partial charge in [-0.05, 0) is 20.3 Å². The number of ether oxygens (including phenoxy) is 1. The van der Waals surface area contributed by atoms with Gasteiger partial charge in [-0.3, -0.25) is 0 Å². The molecule has 116 valence electrons. The Bertz CT molecular complexity index is 503. The molecule has 0 unspecified atom stereocenters. The molecule has 0 N–H and O–H groups in total. The van der Waals surface area contributed by atoms with Gasteiger partial charge in [-0.25, -0.2) is 4.79 Å². The van der Waals surface area contributed by atoms with E-state index in [-0.39, 0.29) is 6.09 Å². The maximum atomic E-state index is 12.1. The normalized spacial score (nSPS) is 16.0. The molecule has 8 heteroatoms. The number of hydrogen-bond donors (Lipinski definition) is 0. The Morgan fingerprint density at radius 1 is 1.38 bits per heavy atom. The molecular weight excluding hydrogens is 294 g/mol. The molecule has 1 aliphatic heterocycles. The van der Waals surface area contributed by atoms with Gasteiger partial charge in [-0.15, -0.1) is 5.10 Å². The van der Waals surface area contributed by atoms with Crippen molar-refractivity contribution in [2.45, 2.75) is 32.8 Å². The molecule has 0 radical (unpaired) electrons. The minimum Gasteiger partial charge on any atom is -0.443 e. The van der Waals surface area contributed by atoms with E-state index in [0.29, 0.717) is 37.3 Å². The third-order valence-corrected chi connectivity index (χ3v) is 3.74. The van der Waals surface area contributed by atoms with Gasteiger partial charge in [0, 0.05) is 26.2 Å². The quantitative estimate of drug-likeness (QED) is 0.849. The standard InChI is InChI=1S/C13H20ClN5O2/c1-4-13(2,3)21-12(20)19-7-5-18(6-8-19)11-16-10(14)9-15-17-11/h9H,4-8H2,1-3H3. The summed E-state index contributed by atoms with van der Waals surface area (Å²) in [5, 5.41) is 8.04. The highest BCUT2D eigenvalue weighted by Crippen LogP contribution is 2.17. The van der Waals surface area contributed by atoms with Crippen LogP contribution in [0.5, 0.6) is 0 Å². The van der Waals surface area contributed by atoms with Crippen LogP contribution in [0.3, 0.4) is 0 Å². The lowest BCUT2D eigenvalue weighted by atomic mass is 10.1. The van der Waals surface area contributed by atoms with Crippen molar-refractivity contribution in [3.63, 3.8) is 0 Å². The van der Waals surface area contributed by atoms with E-state index in [0.717, 1.165) is 6.42 Å². The molecule has 1 aromatic heterocycles. The topological polar surface area (TPSA) is 71.5 Å². The highest BCUT2D eigenvalue weighted by molar-refractivity contribution is 6.29. The van der Waals surface area contributed by atoms with Crippen LogP contribution >= 0.6 is 11.6 Å². The Morgan fingerprint density at radius 2 is 2.05 bits per heavy atom. The van der Waals surface area contributed by atoms with Crippen LogP contribution in [0.15, 0.2) is 6.20 Å². The zero-order valence-corrected chi connectivity index (χ0v) is 13.3. The van der Waals surface area contributed by atoms with Gasteiger partial charge in [0.1, 0.15) is 5.60 Å². The predicted molar refractivity (Wildman–Crippen MR) is 79.5 cm³/mol. The largest absolute Gasteiger partial charge is 0.443 e. The van der Waals surface area contributed by atoms with E-state index < -0.39 is 5.60 Å². The van der Waals surface area contributed by atoms with E-state index in [4.69, 9.17) is 16.3 Å². The Labute approximate surface area is 129 Å². The monoisotopic (exact) mass is 313 g/mol. The number of piperazine rings is 1. The molecule has 1 aromatic rings. The van der Waals surface area contributed by atoms with E-state index in [9.17, 15) is 4.79 Å². The second kappa shape index (κ2) is 6.43. The van der Waals surface area contributed by atoms with Gasteiger partial charge in [-0.2, -0.15) is 10.1 Å². The van der Waals surface area contributed by atoms with Gasteiger partial charge in [0.2, 0.25) is 5.95 Å². The van der Waals surface area contributed by atoms with Crippen molar-refractivity contribution in [1.82, 2.24) is 20.1 Å². The van der Waals surface area contributed by atoms with Gasteiger partial charge in [-0.1, -0.05) is 18.5 Å². The molecular formula is C13H20ClN5O2. The van der Waals surface area contributed by atoms with Crippen LogP contribution in [0.4, 0.5) is 10.7 Å². The first-order chi connectivity index (χ1) is 9.91. The van der Waals surface area contributed by atoms with Crippen LogP contribution in [0.1, 0.15) is 27.2 Å². The number of carbonyl (C=O) groups excluding carboxylic acids is 1. The first-order valence-corrected chi connectivity index (χ1v) is 7.37. The van der Waals surface area contributed by atoms with Crippen LogP contribution in [-0.4, -0.2) is 58.0 Å². The minimum absolute atomic E-state index is 0.272. The lowest BCUT2D eigenvalue weighted by molar-refractivity contribution is 0.0105. The first-order valence-electron chi connectivity index (χ1n) is 6.99. The molecule has 0 spiro atoms. The van der Waals surface area contributed by atoms with Gasteiger partial charge >= 0.3 is 6.09 Å². The third kappa shape index (κ3) is 4.17. The molecule has 0 atom stereocenters. The molecule has 1 aliphatic rings. The maximum Gasteiger partial charge on any atom is 0.410 e. The summed E-state index contributed by atoms with van der Waals surface area (Å²) in [6.45, 7) is 8.20. The van der Waals surface area contributed by atoms with E-state index in [1.165, 1.54) is 6.20 Å². The van der Waals surface area contributed by atoms with Crippen molar-refractivity contribution in [1.29, 1.82) is 0 Å². The van der Waals surface area contributed by atoms with Crippen molar-refractivity contribution < 1.29 is 9.53 Å². The van der Waals surface area contributed by atoms with Crippen LogP contribution in [-0.2, 0) is 4.74 Å². The fourth-order valence-electron chi connectivity index (χ4n) is 1.87. The van der Waals surface area contributed by atoms with Crippen LogP contribution < -0.4 is 4.90 Å². The summed E-state index contributed by atoms with van der Waals surface area (Å²) in [5.74, 6) is 0.490. The van der Waals surface area contributed by atoms with Crippen molar-refractivity contribution in [3.05, 3.63) is 11.3 Å². The minimum atomic E-state index is -0.436. The van der Waals surface area contributed by atoms with Gasteiger partial charge in [0.05, 0.1) is 6.20 Å². The molecule has 7 nitrogen and oxygen atoms in total. The lowest BCUT2D eigenvalue weighted by Crippen LogP contribution is -2.50. The molecule has 1 amide bonds. The number of rotatable bonds is 3. The molecule has 0 aromatic carbocycles. The second-order valence-corrected chi connectivity index (χ2v) is 5.92. The smallest absolute Gasteiger partial charge is 0.410 e. The van der Waals surface area contributed by atoms with Crippen molar-refractivity contribution in [2.24, 2.45) is 0 Å². The first kappa shape index (κ1) is 15.8. The van der Waals surface area contributed by atoms with E-state index in [1.54, 1.807) is 4.90 Å². The average molecular weight is 314 g/mol. The van der Waals surface area contributed by atoms with Gasteiger partial charge in [0.15, 0.2) is 5.15 Å². The molecule has 21 heavy (non-hydrogen) atoms. The Morgan fingerprint density at radius 3 is 2.62 bits per heavy atom. The van der Waals surface area contributed by atoms with Crippen LogP contribution in [0.25, 0.3) is 0 Å². The van der Waals surface area contributed by atoms with E-state index in [2.05, 4.69) is 15.2 Å². The number of nitrogens with zero attached hydrogens (tertiary/aromatic N) is 5. The Hall–Kier alpha value is -1.63. The summed E-state index contributed by atoms with van der Waals surface area (Å²) < 4.78 is 5.49. The summed E-state index contributed by atoms with van der Waals surface area (Å²) in [7, 11) is 0. The maximum absolute atomic E-state index is 12.1. The highest BCUT2D eigenvalue weighted by Gasteiger charge is 2.28. The second-order valence-electron chi connectivity index (χ2n) is 5.53. The van der Waals surface area contributed by atoms with Crippen molar-refractivity contribution >= 4 is 23.6 Å². The van der Waals surface area contributed by atoms with Crippen LogP contribution in [0, 0.1) is 0 Å². The summed E-state index contributed by atoms with van der Waals surface area (Å²) in [6, 6.07) is 0. The van der Waals surface area contributed by atoms with Crippen molar-refractivity contribution in [3.8, 4) is 0 Å². The van der Waals surface area contributed by atoms with Gasteiger partial charge < -0.3 is 14.5 Å². The van der Waals surface area contributed by atoms with Gasteiger partial charge in [0.25, 0.3) is 0 Å². The number of aromatic nitrogens is 3. The number of anilines is 1. The fourth-order valence-corrected chi connectivity index (χ4v) is 1.99. The molecule has 1 saturated heterocycles. The molecule has 0 bridgehead atoms. The number of carbonyl (C=O) groups is 1. The Kier molecular flexibility index (Phi) is 4.82. The zero-order chi connectivity index (χ0) is 15.5. The SMILES string of the molecule is CCC(C)(C)OC(=O)N1CCN(c2nncc(Cl)n2)CC1. The highest BCUT2D eigenvalue weighted by atomic mass is 35.5. The number of hydrogen-bond acceptors (Lipinski definition) is 6. The Balaban J connectivity index is 1.90. The summed E-state index contributed by atoms with van der Waals surface area (Å²) in [4.78, 5) is 19.9. The molecule has 2 rings (SSSR count). The molecule has 2 heterocycles. The molecule has 1 fully saturated rings. The number of amides is 1. The predicted octanol–water partition coefficient (Wildman–Crippen LogP) is 1.97. The third-order valence-electron chi connectivity index (χ3n) is 3.55. The van der Waals surface area contributed by atoms with E-state index >= 15 is 0 Å². The molecule has 0 saturated carbocycles. The molecule has 0 aliphatic carbocycles. The fraction of sp³-hybridized carbons (Fsp3) is 0.692. The van der Waals surface area contributed by atoms with E-state index in [1.807, 2.05) is 25.7 Å². The summed E-state index contributed by atoms with van der Waals surface area (Å²) in [5.41, 5.74) is -0.436. The lowest BCUT2D eigenvalue weighted by Gasteiger charge is -2.35. The summed E-state index contributed by atoms with van der Waals surface area (Å²) >= 11 is 5.81. The van der Waals surface area contributed by atoms with Crippen LogP contribution in [0.2, 0.25) is 5.15 Å². The van der Waals surface area contributed by atoms with Crippen molar-refractivity contribution in [2.75, 3.05) is 31.1 Å². The number of halogens is 1. The summed E-state index contributed by atoms with van der Waals surface area (Å²) in [6.07, 6.45) is 1.90. The zero-order valence-electron chi connectivity index (χ0n) is 12.5.